The van der Waals surface area contributed by atoms with Crippen LogP contribution in [-0.2, 0) is 6.42 Å². The van der Waals surface area contributed by atoms with Crippen LogP contribution in [0, 0.1) is 0 Å². The maximum absolute atomic E-state index is 12.1. The summed E-state index contributed by atoms with van der Waals surface area (Å²) in [6.07, 6.45) is -0.832. The number of hydrogen-bond donors (Lipinski definition) is 1. The maximum atomic E-state index is 12.1. The van der Waals surface area contributed by atoms with Crippen LogP contribution < -0.4 is 4.90 Å². The van der Waals surface area contributed by atoms with E-state index < -0.39 is 12.9 Å². The van der Waals surface area contributed by atoms with Crippen molar-refractivity contribution in [2.24, 2.45) is 0 Å². The van der Waals surface area contributed by atoms with E-state index in [1.807, 2.05) is 0 Å². The van der Waals surface area contributed by atoms with Crippen molar-refractivity contribution in [1.29, 1.82) is 0 Å². The average molecular weight is 229 g/mol. The Morgan fingerprint density at radius 2 is 2.50 bits per heavy atom. The molecular formula is C9H12FN3O3. The highest BCUT2D eigenvalue weighted by Crippen LogP contribution is 2.22. The number of aliphatic hydroxyl groups excluding tert-OH is 1. The van der Waals surface area contributed by atoms with Crippen molar-refractivity contribution in [3.05, 3.63) is 11.8 Å². The Bertz CT molecular complexity index is 395. The van der Waals surface area contributed by atoms with Crippen LogP contribution in [-0.4, -0.2) is 47.7 Å². The van der Waals surface area contributed by atoms with Crippen molar-refractivity contribution >= 4 is 11.8 Å². The van der Waals surface area contributed by atoms with Gasteiger partial charge in [-0.25, -0.2) is 9.69 Å². The van der Waals surface area contributed by atoms with E-state index in [1.54, 1.807) is 7.05 Å². The van der Waals surface area contributed by atoms with Gasteiger partial charge in [0.1, 0.15) is 5.76 Å². The number of amides is 2. The van der Waals surface area contributed by atoms with Gasteiger partial charge in [0.25, 0.3) is 0 Å². The van der Waals surface area contributed by atoms with Gasteiger partial charge < -0.3 is 14.5 Å². The van der Waals surface area contributed by atoms with Gasteiger partial charge in [0, 0.05) is 19.5 Å². The minimum atomic E-state index is -0.944. The van der Waals surface area contributed by atoms with Crippen LogP contribution in [0.4, 0.5) is 15.0 Å². The van der Waals surface area contributed by atoms with E-state index in [-0.39, 0.29) is 24.8 Å². The molecule has 0 bridgehead atoms. The van der Waals surface area contributed by atoms with E-state index in [4.69, 9.17) is 4.52 Å². The molecule has 0 saturated carbocycles. The summed E-state index contributed by atoms with van der Waals surface area (Å²) in [5, 5.41) is 13.3. The van der Waals surface area contributed by atoms with Crippen molar-refractivity contribution in [1.82, 2.24) is 10.1 Å². The molecule has 0 aromatic carbocycles. The lowest BCUT2D eigenvalue weighted by molar-refractivity contribution is 0.182. The van der Waals surface area contributed by atoms with Gasteiger partial charge >= 0.3 is 6.03 Å². The Morgan fingerprint density at radius 1 is 1.75 bits per heavy atom. The Balaban J connectivity index is 2.19. The van der Waals surface area contributed by atoms with Crippen LogP contribution >= 0.6 is 0 Å². The lowest BCUT2D eigenvalue weighted by Crippen LogP contribution is -2.34. The highest BCUT2D eigenvalue weighted by molar-refractivity contribution is 5.93. The number of urea groups is 1. The Morgan fingerprint density at radius 3 is 3.06 bits per heavy atom. The van der Waals surface area contributed by atoms with Crippen LogP contribution in [0.3, 0.4) is 0 Å². The van der Waals surface area contributed by atoms with E-state index in [0.29, 0.717) is 5.76 Å². The first-order chi connectivity index (χ1) is 7.63. The molecule has 0 aliphatic carbocycles. The molecule has 1 aromatic heterocycles. The number of likely N-dealkylation sites (N-methyl/N-ethyl adjacent to an activating group) is 1. The number of halogens is 1. The molecule has 7 heteroatoms. The van der Waals surface area contributed by atoms with Gasteiger partial charge in [-0.05, 0) is 0 Å². The third-order valence-electron chi connectivity index (χ3n) is 2.40. The molecule has 2 amide bonds. The van der Waals surface area contributed by atoms with Crippen molar-refractivity contribution in [2.45, 2.75) is 12.6 Å². The second-order valence-corrected chi connectivity index (χ2v) is 3.60. The second-order valence-electron chi connectivity index (χ2n) is 3.60. The standard InChI is InChI=1S/C9H12FN3O3/c1-12-5-8(14)13(9(12)15)7-4-6(2-3-10)16-11-7/h4,8,14H,2-3,5H2,1H3. The number of nitrogens with zero attached hydrogens (tertiary/aromatic N) is 3. The lowest BCUT2D eigenvalue weighted by Gasteiger charge is -2.14. The predicted octanol–water partition coefficient (Wildman–Crippen LogP) is 0.377. The first-order valence-corrected chi connectivity index (χ1v) is 4.87. The Kier molecular flexibility index (Phi) is 2.78. The van der Waals surface area contributed by atoms with Crippen LogP contribution in [0.5, 0.6) is 0 Å². The zero-order chi connectivity index (χ0) is 11.7. The number of anilines is 1. The summed E-state index contributed by atoms with van der Waals surface area (Å²) < 4.78 is 16.9. The predicted molar refractivity (Wildman–Crippen MR) is 52.7 cm³/mol. The number of alkyl halides is 1. The molecule has 0 radical (unpaired) electrons. The Labute approximate surface area is 91.2 Å². The van der Waals surface area contributed by atoms with Crippen LogP contribution in [0.1, 0.15) is 5.76 Å². The SMILES string of the molecule is CN1CC(O)N(c2cc(CCF)on2)C1=O. The van der Waals surface area contributed by atoms with E-state index in [2.05, 4.69) is 5.16 Å². The molecule has 1 N–H and O–H groups in total. The average Bonchev–Trinajstić information content (AvgIpc) is 2.75. The second kappa shape index (κ2) is 4.09. The molecule has 1 unspecified atom stereocenters. The molecule has 1 aliphatic heterocycles. The van der Waals surface area contributed by atoms with E-state index >= 15 is 0 Å². The van der Waals surface area contributed by atoms with Gasteiger partial charge in [-0.2, -0.15) is 0 Å². The lowest BCUT2D eigenvalue weighted by atomic mass is 10.3. The molecule has 1 aliphatic rings. The fourth-order valence-corrected chi connectivity index (χ4v) is 1.59. The molecule has 6 nitrogen and oxygen atoms in total. The summed E-state index contributed by atoms with van der Waals surface area (Å²) in [7, 11) is 1.58. The number of aliphatic hydroxyl groups is 1. The summed E-state index contributed by atoms with van der Waals surface area (Å²) in [5.74, 6) is 0.567. The third kappa shape index (κ3) is 1.73. The van der Waals surface area contributed by atoms with Crippen LogP contribution in [0.2, 0.25) is 0 Å². The molecule has 1 saturated heterocycles. The number of aryl methyl sites for hydroxylation is 1. The summed E-state index contributed by atoms with van der Waals surface area (Å²) in [4.78, 5) is 14.1. The minimum Gasteiger partial charge on any atom is -0.371 e. The quantitative estimate of drug-likeness (QED) is 0.813. The zero-order valence-corrected chi connectivity index (χ0v) is 8.76. The monoisotopic (exact) mass is 229 g/mol. The molecule has 2 heterocycles. The summed E-state index contributed by atoms with van der Waals surface area (Å²) in [6, 6.07) is 1.10. The van der Waals surface area contributed by atoms with Gasteiger partial charge in [-0.3, -0.25) is 4.39 Å². The molecule has 1 atom stereocenters. The largest absolute Gasteiger partial charge is 0.371 e. The van der Waals surface area contributed by atoms with Crippen molar-refractivity contribution < 1.29 is 18.8 Å². The summed E-state index contributed by atoms with van der Waals surface area (Å²) >= 11 is 0. The Hall–Kier alpha value is -1.63. The van der Waals surface area contributed by atoms with E-state index in [9.17, 15) is 14.3 Å². The van der Waals surface area contributed by atoms with Crippen molar-refractivity contribution in [3.63, 3.8) is 0 Å². The van der Waals surface area contributed by atoms with Crippen molar-refractivity contribution in [2.75, 3.05) is 25.2 Å². The van der Waals surface area contributed by atoms with Crippen LogP contribution in [0.25, 0.3) is 0 Å². The topological polar surface area (TPSA) is 69.8 Å². The molecular weight excluding hydrogens is 217 g/mol. The number of β-amino-alcohol motifs (C(OH)–C–C–N with tert-alkyl or cyclic N) is 1. The molecule has 16 heavy (non-hydrogen) atoms. The van der Waals surface area contributed by atoms with Crippen molar-refractivity contribution in [3.8, 4) is 0 Å². The summed E-state index contributed by atoms with van der Waals surface area (Å²) in [5.41, 5.74) is 0. The van der Waals surface area contributed by atoms with Gasteiger partial charge in [0.05, 0.1) is 13.2 Å². The fourth-order valence-electron chi connectivity index (χ4n) is 1.59. The normalized spacial score (nSPS) is 20.9. The highest BCUT2D eigenvalue weighted by Gasteiger charge is 2.36. The maximum Gasteiger partial charge on any atom is 0.327 e. The molecule has 0 spiro atoms. The molecule has 88 valence electrons. The highest BCUT2D eigenvalue weighted by atomic mass is 19.1. The minimum absolute atomic E-state index is 0.112. The summed E-state index contributed by atoms with van der Waals surface area (Å²) in [6.45, 7) is -0.338. The zero-order valence-electron chi connectivity index (χ0n) is 8.76. The smallest absolute Gasteiger partial charge is 0.327 e. The number of rotatable bonds is 3. The molecule has 1 aromatic rings. The van der Waals surface area contributed by atoms with Crippen LogP contribution in [0.15, 0.2) is 10.6 Å². The molecule has 1 fully saturated rings. The van der Waals surface area contributed by atoms with Gasteiger partial charge in [-0.1, -0.05) is 5.16 Å². The van der Waals surface area contributed by atoms with Gasteiger partial charge in [0.2, 0.25) is 0 Å². The number of carbonyl (C=O) groups is 1. The van der Waals surface area contributed by atoms with E-state index in [0.717, 1.165) is 4.90 Å². The van der Waals surface area contributed by atoms with Gasteiger partial charge in [-0.15, -0.1) is 0 Å². The number of aromatic nitrogens is 1. The first kappa shape index (κ1) is 10.9. The number of carbonyl (C=O) groups excluding carboxylic acids is 1. The third-order valence-corrected chi connectivity index (χ3v) is 2.40. The van der Waals surface area contributed by atoms with Gasteiger partial charge in [0.15, 0.2) is 12.0 Å². The number of hydrogen-bond acceptors (Lipinski definition) is 4. The fraction of sp³-hybridized carbons (Fsp3) is 0.556. The first-order valence-electron chi connectivity index (χ1n) is 4.87. The molecule has 2 rings (SSSR count). The van der Waals surface area contributed by atoms with E-state index in [1.165, 1.54) is 11.0 Å².